The molecule has 41 heavy (non-hydrogen) atoms. The molecule has 2 amide bonds. The zero-order chi connectivity index (χ0) is 28.1. The van der Waals surface area contributed by atoms with Crippen molar-refractivity contribution in [3.8, 4) is 11.5 Å². The Morgan fingerprint density at radius 1 is 1.00 bits per heavy atom. The summed E-state index contributed by atoms with van der Waals surface area (Å²) in [4.78, 5) is 31.6. The minimum Gasteiger partial charge on any atom is -0.457 e. The van der Waals surface area contributed by atoms with Crippen molar-refractivity contribution in [2.75, 3.05) is 19.6 Å². The van der Waals surface area contributed by atoms with E-state index in [1.165, 1.54) is 18.6 Å². The molecule has 224 valence electrons. The van der Waals surface area contributed by atoms with E-state index in [1.54, 1.807) is 12.1 Å². The monoisotopic (exact) mass is 587 g/mol. The molecule has 1 spiro atoms. The van der Waals surface area contributed by atoms with Crippen LogP contribution in [0.5, 0.6) is 11.5 Å². The van der Waals surface area contributed by atoms with Gasteiger partial charge in [0.25, 0.3) is 0 Å². The van der Waals surface area contributed by atoms with Gasteiger partial charge in [-0.2, -0.15) is 0 Å². The van der Waals surface area contributed by atoms with Crippen molar-refractivity contribution in [2.45, 2.75) is 88.9 Å². The number of piperazine rings is 1. The molecule has 2 saturated heterocycles. The van der Waals surface area contributed by atoms with Crippen LogP contribution >= 0.6 is 12.4 Å². The van der Waals surface area contributed by atoms with Crippen molar-refractivity contribution in [3.63, 3.8) is 0 Å². The molecular weight excluding hydrogens is 545 g/mol. The molecule has 1 aliphatic carbocycles. The highest BCUT2D eigenvalue weighted by Gasteiger charge is 2.55. The number of amides is 2. The van der Waals surface area contributed by atoms with Crippen molar-refractivity contribution in [1.82, 2.24) is 15.1 Å². The molecule has 3 aliphatic rings. The van der Waals surface area contributed by atoms with Gasteiger partial charge in [0.1, 0.15) is 28.9 Å². The molecule has 0 unspecified atom stereocenters. The fourth-order valence-electron chi connectivity index (χ4n) is 6.60. The van der Waals surface area contributed by atoms with Gasteiger partial charge in [-0.25, -0.2) is 4.39 Å². The lowest BCUT2D eigenvalue weighted by atomic mass is 9.78. The third-order valence-corrected chi connectivity index (χ3v) is 9.03. The van der Waals surface area contributed by atoms with E-state index in [2.05, 4.69) is 17.1 Å². The maximum Gasteiger partial charge on any atom is 0.248 e. The SMILES string of the molecule is CCCCN1C(=O)[C@@H]([C@H](O)C2CCCCC2)NC(=O)C12CCN(Cc1ccc(Oc3ccc(F)cc3)cc1)CC2.Cl. The molecule has 0 radical (unpaired) electrons. The van der Waals surface area contributed by atoms with Crippen LogP contribution in [0, 0.1) is 11.7 Å². The van der Waals surface area contributed by atoms with Crippen LogP contribution in [0.1, 0.15) is 70.3 Å². The lowest BCUT2D eigenvalue weighted by molar-refractivity contribution is -0.166. The van der Waals surface area contributed by atoms with Crippen LogP contribution in [0.2, 0.25) is 0 Å². The number of nitrogens with zero attached hydrogens (tertiary/aromatic N) is 2. The zero-order valence-corrected chi connectivity index (χ0v) is 24.7. The number of ether oxygens (including phenoxy) is 1. The standard InChI is InChI=1S/C32H42FN3O4.ClH/c1-2-3-19-36-30(38)28(29(37)24-7-5-4-6-8-24)34-31(39)32(36)17-20-35(21-18-32)22-23-9-13-26(14-10-23)40-27-15-11-25(33)12-16-27;/h9-16,24,28-29,37H,2-8,17-22H2,1H3,(H,34,39);1H/t28-,29-;/m1./s1. The fraction of sp³-hybridized carbons (Fsp3) is 0.562. The number of hydrogen-bond acceptors (Lipinski definition) is 5. The number of aliphatic hydroxyl groups is 1. The summed E-state index contributed by atoms with van der Waals surface area (Å²) >= 11 is 0. The molecule has 2 aromatic rings. The average Bonchev–Trinajstić information content (AvgIpc) is 2.98. The minimum absolute atomic E-state index is 0. The number of likely N-dealkylation sites (tertiary alicyclic amines) is 1. The highest BCUT2D eigenvalue weighted by atomic mass is 35.5. The van der Waals surface area contributed by atoms with Gasteiger partial charge in [-0.05, 0) is 80.0 Å². The fourth-order valence-corrected chi connectivity index (χ4v) is 6.60. The Bertz CT molecular complexity index is 1150. The first-order chi connectivity index (χ1) is 19.4. The molecule has 5 rings (SSSR count). The van der Waals surface area contributed by atoms with E-state index < -0.39 is 17.7 Å². The minimum atomic E-state index is -0.849. The predicted octanol–water partition coefficient (Wildman–Crippen LogP) is 5.44. The molecule has 2 N–H and O–H groups in total. The highest BCUT2D eigenvalue weighted by Crippen LogP contribution is 2.36. The van der Waals surface area contributed by atoms with Crippen LogP contribution in [0.25, 0.3) is 0 Å². The lowest BCUT2D eigenvalue weighted by Crippen LogP contribution is -2.75. The molecular formula is C32H43ClFN3O4. The molecule has 0 bridgehead atoms. The lowest BCUT2D eigenvalue weighted by Gasteiger charge is -2.52. The van der Waals surface area contributed by atoms with E-state index in [1.807, 2.05) is 29.2 Å². The van der Waals surface area contributed by atoms with E-state index in [9.17, 15) is 19.1 Å². The second kappa shape index (κ2) is 14.0. The zero-order valence-electron chi connectivity index (χ0n) is 23.9. The number of hydrogen-bond donors (Lipinski definition) is 2. The number of halogens is 2. The van der Waals surface area contributed by atoms with E-state index in [0.717, 1.165) is 50.6 Å². The molecule has 0 aromatic heterocycles. The van der Waals surface area contributed by atoms with Gasteiger partial charge in [-0.15, -0.1) is 12.4 Å². The molecule has 2 atom stereocenters. The van der Waals surface area contributed by atoms with E-state index in [4.69, 9.17) is 4.74 Å². The normalized spacial score (nSPS) is 22.2. The Labute approximate surface area is 248 Å². The summed E-state index contributed by atoms with van der Waals surface area (Å²) in [7, 11) is 0. The maximum atomic E-state index is 13.8. The molecule has 9 heteroatoms. The third-order valence-electron chi connectivity index (χ3n) is 9.03. The summed E-state index contributed by atoms with van der Waals surface area (Å²) in [5, 5.41) is 14.1. The number of carbonyl (C=O) groups is 2. The smallest absolute Gasteiger partial charge is 0.248 e. The van der Waals surface area contributed by atoms with Gasteiger partial charge in [0.15, 0.2) is 0 Å². The second-order valence-corrected chi connectivity index (χ2v) is 11.7. The van der Waals surface area contributed by atoms with Crippen LogP contribution in [-0.2, 0) is 16.1 Å². The van der Waals surface area contributed by atoms with Gasteiger partial charge >= 0.3 is 0 Å². The highest BCUT2D eigenvalue weighted by molar-refractivity contribution is 6.00. The summed E-state index contributed by atoms with van der Waals surface area (Å²) in [6.45, 7) is 4.78. The van der Waals surface area contributed by atoms with Crippen LogP contribution in [0.3, 0.4) is 0 Å². The number of nitrogens with one attached hydrogen (secondary N) is 1. The molecule has 1 saturated carbocycles. The first-order valence-corrected chi connectivity index (χ1v) is 14.9. The molecule has 2 aliphatic heterocycles. The van der Waals surface area contributed by atoms with Crippen molar-refractivity contribution in [2.24, 2.45) is 5.92 Å². The van der Waals surface area contributed by atoms with Crippen molar-refractivity contribution < 1.29 is 23.8 Å². The number of piperidine rings is 1. The topological polar surface area (TPSA) is 82.1 Å². The second-order valence-electron chi connectivity index (χ2n) is 11.7. The number of rotatable bonds is 9. The molecule has 7 nitrogen and oxygen atoms in total. The Morgan fingerprint density at radius 3 is 2.22 bits per heavy atom. The summed E-state index contributed by atoms with van der Waals surface area (Å²) in [6, 6.07) is 12.9. The maximum absolute atomic E-state index is 13.8. The van der Waals surface area contributed by atoms with E-state index in [-0.39, 0.29) is 36.0 Å². The largest absolute Gasteiger partial charge is 0.457 e. The molecule has 2 heterocycles. The van der Waals surface area contributed by atoms with Gasteiger partial charge in [0.2, 0.25) is 11.8 Å². The van der Waals surface area contributed by atoms with Crippen LogP contribution in [-0.4, -0.2) is 64.0 Å². The van der Waals surface area contributed by atoms with Gasteiger partial charge in [0, 0.05) is 26.2 Å². The van der Waals surface area contributed by atoms with Crippen molar-refractivity contribution in [3.05, 3.63) is 59.9 Å². The number of carbonyl (C=O) groups excluding carboxylic acids is 2. The van der Waals surface area contributed by atoms with Gasteiger partial charge in [0.05, 0.1) is 6.10 Å². The van der Waals surface area contributed by atoms with Gasteiger partial charge < -0.3 is 20.1 Å². The summed E-state index contributed by atoms with van der Waals surface area (Å²) < 4.78 is 18.9. The van der Waals surface area contributed by atoms with Crippen molar-refractivity contribution in [1.29, 1.82) is 0 Å². The van der Waals surface area contributed by atoms with Crippen LogP contribution in [0.4, 0.5) is 4.39 Å². The van der Waals surface area contributed by atoms with Gasteiger partial charge in [-0.1, -0.05) is 44.7 Å². The summed E-state index contributed by atoms with van der Waals surface area (Å²) in [6.07, 6.45) is 7.23. The molecule has 2 aromatic carbocycles. The number of unbranched alkanes of at least 4 members (excludes halogenated alkanes) is 1. The number of benzene rings is 2. The first kappa shape index (κ1) is 31.3. The first-order valence-electron chi connectivity index (χ1n) is 14.9. The Balaban J connectivity index is 0.00000387. The average molecular weight is 588 g/mol. The summed E-state index contributed by atoms with van der Waals surface area (Å²) in [5.41, 5.74) is 0.281. The molecule has 3 fully saturated rings. The van der Waals surface area contributed by atoms with Crippen molar-refractivity contribution >= 4 is 24.2 Å². The Kier molecular flexibility index (Phi) is 10.7. The van der Waals surface area contributed by atoms with E-state index >= 15 is 0 Å². The Hall–Kier alpha value is -2.68. The summed E-state index contributed by atoms with van der Waals surface area (Å²) in [5.74, 6) is 0.811. The van der Waals surface area contributed by atoms with Crippen LogP contribution < -0.4 is 10.1 Å². The van der Waals surface area contributed by atoms with Crippen LogP contribution in [0.15, 0.2) is 48.5 Å². The van der Waals surface area contributed by atoms with E-state index in [0.29, 0.717) is 44.0 Å². The predicted molar refractivity (Wildman–Crippen MR) is 159 cm³/mol. The third kappa shape index (κ3) is 7.04. The van der Waals surface area contributed by atoms with Gasteiger partial charge in [-0.3, -0.25) is 14.5 Å². The Morgan fingerprint density at radius 2 is 1.61 bits per heavy atom. The quantitative estimate of drug-likeness (QED) is 0.408. The number of aliphatic hydroxyl groups excluding tert-OH is 1.